The topological polar surface area (TPSA) is 77.7 Å². The van der Waals surface area contributed by atoms with Crippen molar-refractivity contribution in [3.8, 4) is 17.2 Å². The highest BCUT2D eigenvalue weighted by atomic mass is 19.1. The van der Waals surface area contributed by atoms with Gasteiger partial charge in [-0.3, -0.25) is 4.90 Å². The Morgan fingerprint density at radius 2 is 2.16 bits per heavy atom. The zero-order chi connectivity index (χ0) is 18.2. The molecule has 1 atom stereocenters. The van der Waals surface area contributed by atoms with Crippen molar-refractivity contribution in [3.05, 3.63) is 29.8 Å². The van der Waals surface area contributed by atoms with Gasteiger partial charge >= 0.3 is 6.09 Å². The number of ether oxygens (including phenoxy) is 2. The van der Waals surface area contributed by atoms with Crippen molar-refractivity contribution >= 4 is 6.09 Å². The van der Waals surface area contributed by atoms with Gasteiger partial charge in [0.2, 0.25) is 0 Å². The highest BCUT2D eigenvalue weighted by molar-refractivity contribution is 5.70. The van der Waals surface area contributed by atoms with Crippen LogP contribution in [0.5, 0.6) is 5.75 Å². The number of hydrogen-bond donors (Lipinski definition) is 0. The lowest BCUT2D eigenvalue weighted by molar-refractivity contribution is -0.00772. The monoisotopic (exact) mass is 349 g/mol. The van der Waals surface area contributed by atoms with E-state index >= 15 is 0 Å². The summed E-state index contributed by atoms with van der Waals surface area (Å²) in [6, 6.07) is 4.14. The fourth-order valence-corrected chi connectivity index (χ4v) is 2.56. The van der Waals surface area contributed by atoms with E-state index in [1.165, 1.54) is 19.2 Å². The van der Waals surface area contributed by atoms with Crippen molar-refractivity contribution < 1.29 is 23.2 Å². The van der Waals surface area contributed by atoms with Crippen LogP contribution in [0.2, 0.25) is 0 Å². The Kier molecular flexibility index (Phi) is 4.36. The van der Waals surface area contributed by atoms with Gasteiger partial charge in [0.15, 0.2) is 17.4 Å². The molecule has 3 rings (SSSR count). The predicted octanol–water partition coefficient (Wildman–Crippen LogP) is 3.57. The summed E-state index contributed by atoms with van der Waals surface area (Å²) in [7, 11) is 1.37. The van der Waals surface area contributed by atoms with Crippen molar-refractivity contribution in [1.29, 1.82) is 0 Å². The van der Waals surface area contributed by atoms with Crippen LogP contribution in [0.15, 0.2) is 22.7 Å². The summed E-state index contributed by atoms with van der Waals surface area (Å²) < 4.78 is 29.5. The van der Waals surface area contributed by atoms with Crippen molar-refractivity contribution in [2.24, 2.45) is 0 Å². The third-order valence-electron chi connectivity index (χ3n) is 3.79. The SMILES string of the molecule is COc1c(F)cccc1-c1nc([C@@H]2CCN2C(=O)OC(C)(C)C)no1. The van der Waals surface area contributed by atoms with Crippen molar-refractivity contribution in [1.82, 2.24) is 15.0 Å². The van der Waals surface area contributed by atoms with Crippen LogP contribution >= 0.6 is 0 Å². The number of para-hydroxylation sites is 1. The molecule has 2 heterocycles. The third kappa shape index (κ3) is 3.42. The number of aromatic nitrogens is 2. The van der Waals surface area contributed by atoms with Crippen molar-refractivity contribution in [2.45, 2.75) is 38.8 Å². The summed E-state index contributed by atoms with van der Waals surface area (Å²) in [6.45, 7) is 5.99. The average Bonchev–Trinajstić information content (AvgIpc) is 2.92. The van der Waals surface area contributed by atoms with Crippen LogP contribution < -0.4 is 4.74 Å². The molecular formula is C17H20FN3O4. The zero-order valence-corrected chi connectivity index (χ0v) is 14.6. The van der Waals surface area contributed by atoms with E-state index in [9.17, 15) is 9.18 Å². The van der Waals surface area contributed by atoms with E-state index in [1.807, 2.05) is 20.8 Å². The lowest BCUT2D eigenvalue weighted by Crippen LogP contribution is -2.47. The maximum Gasteiger partial charge on any atom is 0.410 e. The average molecular weight is 349 g/mol. The summed E-state index contributed by atoms with van der Waals surface area (Å²) in [5.41, 5.74) is -0.210. The van der Waals surface area contributed by atoms with Gasteiger partial charge in [-0.2, -0.15) is 4.98 Å². The number of carbonyl (C=O) groups excluding carboxylic acids is 1. The first-order chi connectivity index (χ1) is 11.8. The first-order valence-corrected chi connectivity index (χ1v) is 7.96. The molecule has 0 N–H and O–H groups in total. The van der Waals surface area contributed by atoms with Gasteiger partial charge in [-0.25, -0.2) is 9.18 Å². The maximum atomic E-state index is 13.8. The summed E-state index contributed by atoms with van der Waals surface area (Å²) >= 11 is 0. The largest absolute Gasteiger partial charge is 0.493 e. The van der Waals surface area contributed by atoms with Crippen LogP contribution in [0.25, 0.3) is 11.5 Å². The number of methoxy groups -OCH3 is 1. The van der Waals surface area contributed by atoms with Gasteiger partial charge in [-0.1, -0.05) is 11.2 Å². The standard InChI is InChI=1S/C17H20FN3O4/c1-17(2,3)24-16(22)21-9-8-12(21)14-19-15(25-20-14)10-6-5-7-11(18)13(10)23-4/h5-7,12H,8-9H2,1-4H3/t12-/m0/s1. The molecule has 1 fully saturated rings. The molecule has 2 aromatic rings. The summed E-state index contributed by atoms with van der Waals surface area (Å²) in [4.78, 5) is 18.0. The van der Waals surface area contributed by atoms with Crippen molar-refractivity contribution in [3.63, 3.8) is 0 Å². The molecule has 0 radical (unpaired) electrons. The number of hydrogen-bond acceptors (Lipinski definition) is 6. The molecule has 8 heteroatoms. The third-order valence-corrected chi connectivity index (χ3v) is 3.79. The summed E-state index contributed by atoms with van der Waals surface area (Å²) in [6.07, 6.45) is 0.289. The minimum Gasteiger partial charge on any atom is -0.493 e. The molecule has 1 aromatic carbocycles. The Morgan fingerprint density at radius 1 is 1.40 bits per heavy atom. The molecule has 0 spiro atoms. The van der Waals surface area contributed by atoms with E-state index < -0.39 is 17.5 Å². The second-order valence-corrected chi connectivity index (χ2v) is 6.76. The van der Waals surface area contributed by atoms with Crippen molar-refractivity contribution in [2.75, 3.05) is 13.7 Å². The summed E-state index contributed by atoms with van der Waals surface area (Å²) in [5.74, 6) is 0.0231. The molecule has 0 aliphatic carbocycles. The van der Waals surface area contributed by atoms with E-state index in [4.69, 9.17) is 14.0 Å². The molecule has 7 nitrogen and oxygen atoms in total. The molecule has 1 amide bonds. The maximum absolute atomic E-state index is 13.8. The molecule has 1 saturated heterocycles. The van der Waals surface area contributed by atoms with E-state index in [0.717, 1.165) is 0 Å². The number of likely N-dealkylation sites (tertiary alicyclic amines) is 1. The van der Waals surface area contributed by atoms with Crippen LogP contribution in [0.3, 0.4) is 0 Å². The van der Waals surface area contributed by atoms with Crippen LogP contribution in [0, 0.1) is 5.82 Å². The molecule has 25 heavy (non-hydrogen) atoms. The first kappa shape index (κ1) is 17.2. The van der Waals surface area contributed by atoms with Gasteiger partial charge in [0, 0.05) is 6.54 Å². The zero-order valence-electron chi connectivity index (χ0n) is 14.6. The number of amides is 1. The van der Waals surface area contributed by atoms with E-state index in [0.29, 0.717) is 24.4 Å². The van der Waals surface area contributed by atoms with Gasteiger partial charge in [0.25, 0.3) is 5.89 Å². The Balaban J connectivity index is 1.81. The van der Waals surface area contributed by atoms with Crippen LogP contribution in [-0.2, 0) is 4.74 Å². The predicted molar refractivity (Wildman–Crippen MR) is 86.5 cm³/mol. The molecule has 1 aliphatic heterocycles. The second-order valence-electron chi connectivity index (χ2n) is 6.76. The van der Waals surface area contributed by atoms with Gasteiger partial charge in [-0.05, 0) is 39.3 Å². The Hall–Kier alpha value is -2.64. The van der Waals surface area contributed by atoms with Crippen LogP contribution in [-0.4, -0.2) is 40.4 Å². The van der Waals surface area contributed by atoms with E-state index in [-0.39, 0.29) is 17.7 Å². The number of rotatable bonds is 3. The van der Waals surface area contributed by atoms with Crippen LogP contribution in [0.4, 0.5) is 9.18 Å². The lowest BCUT2D eigenvalue weighted by atomic mass is 10.0. The highest BCUT2D eigenvalue weighted by Gasteiger charge is 2.39. The summed E-state index contributed by atoms with van der Waals surface area (Å²) in [5, 5.41) is 3.94. The smallest absolute Gasteiger partial charge is 0.410 e. The van der Waals surface area contributed by atoms with Gasteiger partial charge in [0.05, 0.1) is 12.7 Å². The number of carbonyl (C=O) groups is 1. The first-order valence-electron chi connectivity index (χ1n) is 7.96. The molecule has 1 aliphatic rings. The van der Waals surface area contributed by atoms with Gasteiger partial charge in [0.1, 0.15) is 11.6 Å². The molecule has 0 bridgehead atoms. The Labute approximate surface area is 144 Å². The molecule has 0 saturated carbocycles. The minimum absolute atomic E-state index is 0.0373. The van der Waals surface area contributed by atoms with E-state index in [1.54, 1.807) is 11.0 Å². The lowest BCUT2D eigenvalue weighted by Gasteiger charge is -2.39. The minimum atomic E-state index is -0.575. The van der Waals surface area contributed by atoms with E-state index in [2.05, 4.69) is 10.1 Å². The second kappa shape index (κ2) is 6.34. The molecule has 0 unspecified atom stereocenters. The Morgan fingerprint density at radius 3 is 2.76 bits per heavy atom. The fourth-order valence-electron chi connectivity index (χ4n) is 2.56. The Bertz CT molecular complexity index is 784. The fraction of sp³-hybridized carbons (Fsp3) is 0.471. The molecule has 1 aromatic heterocycles. The highest BCUT2D eigenvalue weighted by Crippen LogP contribution is 2.36. The van der Waals surface area contributed by atoms with Gasteiger partial charge < -0.3 is 14.0 Å². The molecular weight excluding hydrogens is 329 g/mol. The molecule has 134 valence electrons. The number of halogens is 1. The van der Waals surface area contributed by atoms with Crippen LogP contribution in [0.1, 0.15) is 39.1 Å². The quantitative estimate of drug-likeness (QED) is 0.843. The van der Waals surface area contributed by atoms with Gasteiger partial charge in [-0.15, -0.1) is 0 Å². The normalized spacial score (nSPS) is 17.2. The number of benzene rings is 1. The number of nitrogens with zero attached hydrogens (tertiary/aromatic N) is 3.